The van der Waals surface area contributed by atoms with E-state index < -0.39 is 0 Å². The Morgan fingerprint density at radius 3 is 2.91 bits per heavy atom. The number of aromatic nitrogens is 2. The minimum Gasteiger partial charge on any atom is -0.366 e. The summed E-state index contributed by atoms with van der Waals surface area (Å²) in [6, 6.07) is 17.4. The van der Waals surface area contributed by atoms with Gasteiger partial charge in [-0.1, -0.05) is 41.9 Å². The molecule has 1 aliphatic rings. The van der Waals surface area contributed by atoms with Crippen molar-refractivity contribution >= 4 is 28.2 Å². The molecule has 1 saturated heterocycles. The van der Waals surface area contributed by atoms with E-state index >= 15 is 0 Å². The van der Waals surface area contributed by atoms with E-state index in [1.54, 1.807) is 0 Å². The molecule has 0 amide bonds. The van der Waals surface area contributed by atoms with Gasteiger partial charge in [0.25, 0.3) is 0 Å². The number of fused-ring (bicyclic) bond motifs is 1. The molecule has 0 saturated carbocycles. The second-order valence-electron chi connectivity index (χ2n) is 5.98. The largest absolute Gasteiger partial charge is 0.366 e. The van der Waals surface area contributed by atoms with E-state index in [0.29, 0.717) is 11.2 Å². The van der Waals surface area contributed by atoms with Crippen LogP contribution < -0.4 is 10.2 Å². The van der Waals surface area contributed by atoms with Crippen molar-refractivity contribution in [3.63, 3.8) is 0 Å². The molecule has 0 aliphatic carbocycles. The van der Waals surface area contributed by atoms with Gasteiger partial charge >= 0.3 is 0 Å². The predicted molar refractivity (Wildman–Crippen MR) is 95.3 cm³/mol. The standard InChI is InChI=1S/C18H19ClN4/c19-18-16-7-6-14(11-17(16)21-22-18)23-9-8-20-12-15(23)10-13-4-2-1-3-5-13/h1-7,11,15,20H,8-10,12H2,(H,21,22). The number of nitrogens with zero attached hydrogens (tertiary/aromatic N) is 2. The van der Waals surface area contributed by atoms with Crippen molar-refractivity contribution < 1.29 is 0 Å². The molecule has 1 fully saturated rings. The third-order valence-corrected chi connectivity index (χ3v) is 4.78. The molecule has 5 heteroatoms. The van der Waals surface area contributed by atoms with E-state index in [4.69, 9.17) is 11.6 Å². The molecule has 2 aromatic carbocycles. The van der Waals surface area contributed by atoms with Crippen LogP contribution in [0.5, 0.6) is 0 Å². The van der Waals surface area contributed by atoms with Crippen LogP contribution in [0.25, 0.3) is 10.9 Å². The molecule has 4 rings (SSSR count). The van der Waals surface area contributed by atoms with Crippen molar-refractivity contribution in [2.24, 2.45) is 0 Å². The lowest BCUT2D eigenvalue weighted by Gasteiger charge is -2.38. The smallest absolute Gasteiger partial charge is 0.132 e. The van der Waals surface area contributed by atoms with Gasteiger partial charge in [-0.05, 0) is 30.2 Å². The molecule has 4 nitrogen and oxygen atoms in total. The maximum Gasteiger partial charge on any atom is 0.132 e. The summed E-state index contributed by atoms with van der Waals surface area (Å²) in [7, 11) is 0. The van der Waals surface area contributed by atoms with Crippen LogP contribution >= 0.6 is 11.6 Å². The Kier molecular flexibility index (Phi) is 3.93. The molecule has 2 N–H and O–H groups in total. The second-order valence-corrected chi connectivity index (χ2v) is 6.36. The maximum absolute atomic E-state index is 6.11. The van der Waals surface area contributed by atoms with Gasteiger partial charge in [0.15, 0.2) is 0 Å². The number of anilines is 1. The van der Waals surface area contributed by atoms with Crippen molar-refractivity contribution in [2.75, 3.05) is 24.5 Å². The molecule has 0 radical (unpaired) electrons. The molecule has 3 aromatic rings. The van der Waals surface area contributed by atoms with Crippen LogP contribution in [-0.4, -0.2) is 35.9 Å². The summed E-state index contributed by atoms with van der Waals surface area (Å²) in [5.41, 5.74) is 3.50. The fourth-order valence-corrected chi connectivity index (χ4v) is 3.52. The van der Waals surface area contributed by atoms with E-state index in [9.17, 15) is 0 Å². The molecule has 118 valence electrons. The van der Waals surface area contributed by atoms with Gasteiger partial charge in [0, 0.05) is 36.7 Å². The third-order valence-electron chi connectivity index (χ3n) is 4.49. The predicted octanol–water partition coefficient (Wildman–Crippen LogP) is 3.24. The quantitative estimate of drug-likeness (QED) is 0.776. The summed E-state index contributed by atoms with van der Waals surface area (Å²) in [6.07, 6.45) is 1.03. The molecule has 1 aromatic heterocycles. The van der Waals surface area contributed by atoms with Crippen LogP contribution in [0.4, 0.5) is 5.69 Å². The molecule has 1 atom stereocenters. The third kappa shape index (κ3) is 2.92. The Balaban J connectivity index is 1.63. The highest BCUT2D eigenvalue weighted by Gasteiger charge is 2.23. The van der Waals surface area contributed by atoms with E-state index in [1.807, 2.05) is 0 Å². The zero-order valence-corrected chi connectivity index (χ0v) is 13.6. The Hall–Kier alpha value is -2.04. The lowest BCUT2D eigenvalue weighted by atomic mass is 10.0. The van der Waals surface area contributed by atoms with Gasteiger partial charge < -0.3 is 10.2 Å². The number of benzene rings is 2. The first kappa shape index (κ1) is 14.5. The molecular weight excluding hydrogens is 308 g/mol. The van der Waals surface area contributed by atoms with Crippen LogP contribution in [0.2, 0.25) is 5.15 Å². The number of H-pyrrole nitrogens is 1. The second kappa shape index (κ2) is 6.22. The number of hydrogen-bond donors (Lipinski definition) is 2. The van der Waals surface area contributed by atoms with Crippen LogP contribution in [0.3, 0.4) is 0 Å². The van der Waals surface area contributed by atoms with Crippen molar-refractivity contribution in [1.82, 2.24) is 15.5 Å². The highest BCUT2D eigenvalue weighted by atomic mass is 35.5. The van der Waals surface area contributed by atoms with Crippen LogP contribution in [-0.2, 0) is 6.42 Å². The normalized spacial score (nSPS) is 18.5. The Bertz CT molecular complexity index is 799. The van der Waals surface area contributed by atoms with Gasteiger partial charge in [-0.25, -0.2) is 0 Å². The fraction of sp³-hybridized carbons (Fsp3) is 0.278. The number of aromatic amines is 1. The fourth-order valence-electron chi connectivity index (χ4n) is 3.32. The van der Waals surface area contributed by atoms with Crippen molar-refractivity contribution in [1.29, 1.82) is 0 Å². The van der Waals surface area contributed by atoms with Gasteiger partial charge in [-0.3, -0.25) is 5.10 Å². The number of piperazine rings is 1. The number of hydrogen-bond acceptors (Lipinski definition) is 3. The molecule has 23 heavy (non-hydrogen) atoms. The first-order valence-electron chi connectivity index (χ1n) is 7.96. The average Bonchev–Trinajstić information content (AvgIpc) is 2.97. The SMILES string of the molecule is Clc1[nH]nc2cc(N3CCNCC3Cc3ccccc3)ccc12. The monoisotopic (exact) mass is 326 g/mol. The first-order chi connectivity index (χ1) is 11.3. The summed E-state index contributed by atoms with van der Waals surface area (Å²) in [5.74, 6) is 0. The Labute approximate surface area is 140 Å². The summed E-state index contributed by atoms with van der Waals surface area (Å²) >= 11 is 6.11. The number of rotatable bonds is 3. The van der Waals surface area contributed by atoms with Gasteiger partial charge in [0.2, 0.25) is 0 Å². The maximum atomic E-state index is 6.11. The highest BCUT2D eigenvalue weighted by molar-refractivity contribution is 6.34. The summed E-state index contributed by atoms with van der Waals surface area (Å²) in [4.78, 5) is 2.48. The van der Waals surface area contributed by atoms with Gasteiger partial charge in [0.05, 0.1) is 5.52 Å². The van der Waals surface area contributed by atoms with Crippen molar-refractivity contribution in [3.8, 4) is 0 Å². The zero-order valence-electron chi connectivity index (χ0n) is 12.8. The summed E-state index contributed by atoms with van der Waals surface area (Å²) in [5, 5.41) is 12.2. The van der Waals surface area contributed by atoms with Crippen LogP contribution in [0.15, 0.2) is 48.5 Å². The van der Waals surface area contributed by atoms with Gasteiger partial charge in [-0.2, -0.15) is 5.10 Å². The van der Waals surface area contributed by atoms with E-state index in [-0.39, 0.29) is 0 Å². The topological polar surface area (TPSA) is 44.0 Å². The average molecular weight is 327 g/mol. The minimum atomic E-state index is 0.443. The van der Waals surface area contributed by atoms with Gasteiger partial charge in [-0.15, -0.1) is 0 Å². The van der Waals surface area contributed by atoms with Crippen molar-refractivity contribution in [2.45, 2.75) is 12.5 Å². The molecule has 0 bridgehead atoms. The number of halogens is 1. The first-order valence-corrected chi connectivity index (χ1v) is 8.34. The van der Waals surface area contributed by atoms with E-state index in [1.165, 1.54) is 11.3 Å². The lowest BCUT2D eigenvalue weighted by Crippen LogP contribution is -2.52. The van der Waals surface area contributed by atoms with Crippen LogP contribution in [0, 0.1) is 0 Å². The molecule has 2 heterocycles. The Morgan fingerprint density at radius 1 is 1.17 bits per heavy atom. The molecular formula is C18H19ClN4. The van der Waals surface area contributed by atoms with Crippen molar-refractivity contribution in [3.05, 3.63) is 59.2 Å². The highest BCUT2D eigenvalue weighted by Crippen LogP contribution is 2.27. The van der Waals surface area contributed by atoms with E-state index in [2.05, 4.69) is 68.9 Å². The lowest BCUT2D eigenvalue weighted by molar-refractivity contribution is 0.473. The summed E-state index contributed by atoms with van der Waals surface area (Å²) in [6.45, 7) is 3.00. The molecule has 1 unspecified atom stereocenters. The van der Waals surface area contributed by atoms with Gasteiger partial charge in [0.1, 0.15) is 5.15 Å². The number of nitrogens with one attached hydrogen (secondary N) is 2. The molecule has 0 spiro atoms. The summed E-state index contributed by atoms with van der Waals surface area (Å²) < 4.78 is 0. The van der Waals surface area contributed by atoms with E-state index in [0.717, 1.165) is 37.0 Å². The molecule has 1 aliphatic heterocycles. The zero-order chi connectivity index (χ0) is 15.6. The minimum absolute atomic E-state index is 0.443. The van der Waals surface area contributed by atoms with Crippen LogP contribution in [0.1, 0.15) is 5.56 Å². The Morgan fingerprint density at radius 2 is 2.04 bits per heavy atom.